The average molecular weight is 262 g/mol. The zero-order valence-electron chi connectivity index (χ0n) is 11.0. The number of hydrogen-bond donors (Lipinski definition) is 1. The number of rotatable bonds is 2. The summed E-state index contributed by atoms with van der Waals surface area (Å²) in [5.41, 5.74) is 1.51. The highest BCUT2D eigenvalue weighted by atomic mass is 32.2. The van der Waals surface area contributed by atoms with Gasteiger partial charge < -0.3 is 5.11 Å². The summed E-state index contributed by atoms with van der Waals surface area (Å²) in [5, 5.41) is 10.8. The van der Waals surface area contributed by atoms with Crippen molar-refractivity contribution < 1.29 is 5.11 Å². The highest BCUT2D eigenvalue weighted by molar-refractivity contribution is 8.00. The van der Waals surface area contributed by atoms with Crippen LogP contribution in [0.1, 0.15) is 38.2 Å². The minimum atomic E-state index is -0.0505. The fraction of sp³-hybridized carbons (Fsp3) is 0.625. The molecule has 1 aromatic rings. The SMILES string of the molecule is CC1CCC(O)C(CC2Cc3ccccc3S2)C1. The lowest BCUT2D eigenvalue weighted by molar-refractivity contribution is 0.0474. The average Bonchev–Trinajstić information content (AvgIpc) is 2.76. The van der Waals surface area contributed by atoms with Gasteiger partial charge in [-0.3, -0.25) is 0 Å². The lowest BCUT2D eigenvalue weighted by Gasteiger charge is -2.33. The molecule has 2 heteroatoms. The zero-order chi connectivity index (χ0) is 12.5. The maximum Gasteiger partial charge on any atom is 0.0569 e. The third-order valence-electron chi connectivity index (χ3n) is 4.48. The quantitative estimate of drug-likeness (QED) is 0.872. The first-order valence-electron chi connectivity index (χ1n) is 7.15. The molecule has 3 rings (SSSR count). The van der Waals surface area contributed by atoms with Gasteiger partial charge in [0.05, 0.1) is 6.10 Å². The molecule has 1 heterocycles. The van der Waals surface area contributed by atoms with E-state index in [-0.39, 0.29) is 6.10 Å². The van der Waals surface area contributed by atoms with Crippen LogP contribution >= 0.6 is 11.8 Å². The van der Waals surface area contributed by atoms with Gasteiger partial charge in [-0.1, -0.05) is 25.1 Å². The van der Waals surface area contributed by atoms with Crippen LogP contribution in [0.15, 0.2) is 29.2 Å². The van der Waals surface area contributed by atoms with Gasteiger partial charge in [0.15, 0.2) is 0 Å². The van der Waals surface area contributed by atoms with Gasteiger partial charge in [-0.2, -0.15) is 0 Å². The van der Waals surface area contributed by atoms with E-state index in [0.29, 0.717) is 11.2 Å². The lowest BCUT2D eigenvalue weighted by atomic mass is 9.78. The first-order valence-corrected chi connectivity index (χ1v) is 8.03. The maximum absolute atomic E-state index is 10.2. The van der Waals surface area contributed by atoms with Crippen molar-refractivity contribution >= 4 is 11.8 Å². The smallest absolute Gasteiger partial charge is 0.0569 e. The number of fused-ring (bicyclic) bond motifs is 1. The minimum Gasteiger partial charge on any atom is -0.393 e. The molecule has 98 valence electrons. The van der Waals surface area contributed by atoms with Crippen LogP contribution < -0.4 is 0 Å². The second-order valence-electron chi connectivity index (χ2n) is 6.03. The highest BCUT2D eigenvalue weighted by Gasteiger charge is 2.31. The Labute approximate surface area is 114 Å². The van der Waals surface area contributed by atoms with Crippen LogP contribution in [0.5, 0.6) is 0 Å². The van der Waals surface area contributed by atoms with Crippen molar-refractivity contribution in [2.75, 3.05) is 0 Å². The largest absolute Gasteiger partial charge is 0.393 e. The lowest BCUT2D eigenvalue weighted by Crippen LogP contribution is -2.30. The van der Waals surface area contributed by atoms with Crippen LogP contribution in [0.3, 0.4) is 0 Å². The molecule has 1 N–H and O–H groups in total. The molecule has 1 aliphatic carbocycles. The molecule has 4 atom stereocenters. The van der Waals surface area contributed by atoms with E-state index in [2.05, 4.69) is 31.2 Å². The van der Waals surface area contributed by atoms with Crippen molar-refractivity contribution in [3.8, 4) is 0 Å². The second kappa shape index (κ2) is 5.26. The molecular formula is C16H22OS. The molecule has 0 aromatic heterocycles. The van der Waals surface area contributed by atoms with Crippen LogP contribution in [-0.2, 0) is 6.42 Å². The third kappa shape index (κ3) is 2.60. The molecule has 0 bridgehead atoms. The standard InChI is InChI=1S/C16H22OS/c1-11-6-7-15(17)13(8-11)10-14-9-12-4-2-3-5-16(12)18-14/h2-5,11,13-15,17H,6-10H2,1H3. The van der Waals surface area contributed by atoms with Crippen LogP contribution in [0.25, 0.3) is 0 Å². The van der Waals surface area contributed by atoms with Gasteiger partial charge in [0.2, 0.25) is 0 Å². The number of hydrogen-bond acceptors (Lipinski definition) is 2. The van der Waals surface area contributed by atoms with Crippen LogP contribution in [0.2, 0.25) is 0 Å². The summed E-state index contributed by atoms with van der Waals surface area (Å²) in [4.78, 5) is 1.46. The third-order valence-corrected chi connectivity index (χ3v) is 5.83. The molecule has 4 unspecified atom stereocenters. The summed E-state index contributed by atoms with van der Waals surface area (Å²) in [6.07, 6.45) is 5.76. The normalized spacial score (nSPS) is 35.4. The van der Waals surface area contributed by atoms with E-state index in [0.717, 1.165) is 12.3 Å². The number of aliphatic hydroxyl groups is 1. The predicted octanol–water partition coefficient (Wildman–Crippen LogP) is 3.89. The van der Waals surface area contributed by atoms with Crippen molar-refractivity contribution in [3.63, 3.8) is 0 Å². The molecule has 1 saturated carbocycles. The Morgan fingerprint density at radius 3 is 2.94 bits per heavy atom. The van der Waals surface area contributed by atoms with Crippen molar-refractivity contribution in [3.05, 3.63) is 29.8 Å². The summed E-state index contributed by atoms with van der Waals surface area (Å²) in [6.45, 7) is 2.33. The molecule has 1 nitrogen and oxygen atoms in total. The summed E-state index contributed by atoms with van der Waals surface area (Å²) < 4.78 is 0. The molecule has 18 heavy (non-hydrogen) atoms. The van der Waals surface area contributed by atoms with Crippen LogP contribution in [0.4, 0.5) is 0 Å². The van der Waals surface area contributed by atoms with Gasteiger partial charge >= 0.3 is 0 Å². The molecule has 2 aliphatic rings. The van der Waals surface area contributed by atoms with Crippen LogP contribution in [-0.4, -0.2) is 16.5 Å². The monoisotopic (exact) mass is 262 g/mol. The molecular weight excluding hydrogens is 240 g/mol. The molecule has 0 spiro atoms. The number of thioether (sulfide) groups is 1. The Kier molecular flexibility index (Phi) is 3.67. The van der Waals surface area contributed by atoms with Crippen molar-refractivity contribution in [1.82, 2.24) is 0 Å². The Morgan fingerprint density at radius 1 is 1.28 bits per heavy atom. The van der Waals surface area contributed by atoms with Gasteiger partial charge in [0.1, 0.15) is 0 Å². The van der Waals surface area contributed by atoms with Crippen molar-refractivity contribution in [2.24, 2.45) is 11.8 Å². The van der Waals surface area contributed by atoms with Crippen molar-refractivity contribution in [2.45, 2.75) is 55.3 Å². The fourth-order valence-corrected chi connectivity index (χ4v) is 4.88. The van der Waals surface area contributed by atoms with Gasteiger partial charge in [0, 0.05) is 10.1 Å². The van der Waals surface area contributed by atoms with Crippen LogP contribution in [0, 0.1) is 11.8 Å². The van der Waals surface area contributed by atoms with E-state index in [1.807, 2.05) is 11.8 Å². The summed E-state index contributed by atoms with van der Waals surface area (Å²) in [6, 6.07) is 8.76. The Morgan fingerprint density at radius 2 is 2.11 bits per heavy atom. The van der Waals surface area contributed by atoms with Gasteiger partial charge in [0.25, 0.3) is 0 Å². The first-order chi connectivity index (χ1) is 8.72. The first kappa shape index (κ1) is 12.6. The molecule has 0 saturated heterocycles. The molecule has 0 amide bonds. The highest BCUT2D eigenvalue weighted by Crippen LogP contribution is 2.42. The molecule has 1 aliphatic heterocycles. The van der Waals surface area contributed by atoms with Gasteiger partial charge in [-0.15, -0.1) is 11.8 Å². The Hall–Kier alpha value is -0.470. The van der Waals surface area contributed by atoms with E-state index in [4.69, 9.17) is 0 Å². The molecule has 0 radical (unpaired) electrons. The van der Waals surface area contributed by atoms with E-state index in [1.165, 1.54) is 36.1 Å². The van der Waals surface area contributed by atoms with Gasteiger partial charge in [-0.05, 0) is 55.6 Å². The topological polar surface area (TPSA) is 20.2 Å². The minimum absolute atomic E-state index is 0.0505. The second-order valence-corrected chi connectivity index (χ2v) is 7.38. The Bertz CT molecular complexity index is 392. The maximum atomic E-state index is 10.2. The van der Waals surface area contributed by atoms with E-state index >= 15 is 0 Å². The van der Waals surface area contributed by atoms with E-state index < -0.39 is 0 Å². The van der Waals surface area contributed by atoms with Gasteiger partial charge in [-0.25, -0.2) is 0 Å². The van der Waals surface area contributed by atoms with Crippen molar-refractivity contribution in [1.29, 1.82) is 0 Å². The summed E-state index contributed by atoms with van der Waals surface area (Å²) in [7, 11) is 0. The Balaban J connectivity index is 1.62. The fourth-order valence-electron chi connectivity index (χ4n) is 3.46. The zero-order valence-corrected chi connectivity index (χ0v) is 11.8. The summed E-state index contributed by atoms with van der Waals surface area (Å²) in [5.74, 6) is 1.33. The predicted molar refractivity (Wildman–Crippen MR) is 76.9 cm³/mol. The molecule has 1 fully saturated rings. The van der Waals surface area contributed by atoms with E-state index in [1.54, 1.807) is 0 Å². The molecule has 1 aromatic carbocycles. The summed E-state index contributed by atoms with van der Waals surface area (Å²) >= 11 is 2.02. The number of benzene rings is 1. The number of aliphatic hydroxyl groups excluding tert-OH is 1. The van der Waals surface area contributed by atoms with E-state index in [9.17, 15) is 5.11 Å².